The molecule has 1 rings (SSSR count). The lowest BCUT2D eigenvalue weighted by molar-refractivity contribution is -0.384. The van der Waals surface area contributed by atoms with Gasteiger partial charge in [-0.15, -0.1) is 0 Å². The van der Waals surface area contributed by atoms with E-state index in [0.717, 1.165) is 6.54 Å². The summed E-state index contributed by atoms with van der Waals surface area (Å²) in [7, 11) is 1.84. The fraction of sp³-hybridized carbons (Fsp3) is 0.615. The second kappa shape index (κ2) is 6.36. The zero-order valence-corrected chi connectivity index (χ0v) is 12.2. The highest BCUT2D eigenvalue weighted by Gasteiger charge is 2.24. The fourth-order valence-corrected chi connectivity index (χ4v) is 1.76. The Kier molecular flexibility index (Phi) is 5.09. The maximum Gasteiger partial charge on any atom is 0.311 e. The molecular formula is C13H22N4O2. The van der Waals surface area contributed by atoms with Crippen LogP contribution in [0.25, 0.3) is 0 Å². The molecule has 1 atom stereocenters. The molecule has 0 saturated carbocycles. The highest BCUT2D eigenvalue weighted by molar-refractivity contribution is 5.61. The van der Waals surface area contributed by atoms with E-state index in [0.29, 0.717) is 17.6 Å². The predicted molar refractivity (Wildman–Crippen MR) is 77.8 cm³/mol. The molecule has 6 heteroatoms. The SMILES string of the molecule is CCNc1ccc([N+](=O)[O-])c(N(C)C(C)C(C)C)n1. The van der Waals surface area contributed by atoms with Crippen molar-refractivity contribution < 1.29 is 4.92 Å². The molecule has 19 heavy (non-hydrogen) atoms. The Morgan fingerprint density at radius 2 is 2.05 bits per heavy atom. The summed E-state index contributed by atoms with van der Waals surface area (Å²) in [5.74, 6) is 1.45. The van der Waals surface area contributed by atoms with E-state index in [1.807, 2.05) is 25.8 Å². The number of nitrogens with zero attached hydrogens (tertiary/aromatic N) is 3. The van der Waals surface area contributed by atoms with Crippen molar-refractivity contribution in [3.05, 3.63) is 22.2 Å². The van der Waals surface area contributed by atoms with Gasteiger partial charge in [0.1, 0.15) is 5.82 Å². The van der Waals surface area contributed by atoms with Crippen molar-refractivity contribution in [3.63, 3.8) is 0 Å². The Morgan fingerprint density at radius 3 is 2.53 bits per heavy atom. The molecule has 0 radical (unpaired) electrons. The van der Waals surface area contributed by atoms with Gasteiger partial charge < -0.3 is 10.2 Å². The van der Waals surface area contributed by atoms with E-state index in [1.165, 1.54) is 6.07 Å². The van der Waals surface area contributed by atoms with E-state index in [9.17, 15) is 10.1 Å². The molecule has 0 saturated heterocycles. The number of hydrogen-bond acceptors (Lipinski definition) is 5. The first-order chi connectivity index (χ1) is 8.88. The molecule has 106 valence electrons. The summed E-state index contributed by atoms with van der Waals surface area (Å²) in [4.78, 5) is 16.9. The standard InChI is InChI=1S/C13H22N4O2/c1-6-14-12-8-7-11(17(18)19)13(15-12)16(5)10(4)9(2)3/h7-10H,6H2,1-5H3,(H,14,15). The van der Waals surface area contributed by atoms with E-state index >= 15 is 0 Å². The van der Waals surface area contributed by atoms with Crippen LogP contribution in [0, 0.1) is 16.0 Å². The van der Waals surface area contributed by atoms with Gasteiger partial charge in [0.25, 0.3) is 0 Å². The molecule has 0 fully saturated rings. The van der Waals surface area contributed by atoms with Gasteiger partial charge in [0.05, 0.1) is 4.92 Å². The average molecular weight is 266 g/mol. The van der Waals surface area contributed by atoms with Gasteiger partial charge in [0.2, 0.25) is 5.82 Å². The van der Waals surface area contributed by atoms with Crippen LogP contribution in [0.3, 0.4) is 0 Å². The Hall–Kier alpha value is -1.85. The lowest BCUT2D eigenvalue weighted by Crippen LogP contribution is -2.34. The molecular weight excluding hydrogens is 244 g/mol. The van der Waals surface area contributed by atoms with E-state index in [-0.39, 0.29) is 16.7 Å². The molecule has 1 heterocycles. The first-order valence-electron chi connectivity index (χ1n) is 6.50. The van der Waals surface area contributed by atoms with Gasteiger partial charge in [-0.25, -0.2) is 4.98 Å². The topological polar surface area (TPSA) is 71.3 Å². The van der Waals surface area contributed by atoms with Crippen LogP contribution in [0.2, 0.25) is 0 Å². The van der Waals surface area contributed by atoms with E-state index in [2.05, 4.69) is 24.1 Å². The highest BCUT2D eigenvalue weighted by atomic mass is 16.6. The molecule has 0 amide bonds. The molecule has 1 aromatic rings. The predicted octanol–water partition coefficient (Wildman–Crippen LogP) is 2.90. The zero-order chi connectivity index (χ0) is 14.6. The number of nitro groups is 1. The molecule has 0 aliphatic rings. The van der Waals surface area contributed by atoms with Crippen LogP contribution >= 0.6 is 0 Å². The van der Waals surface area contributed by atoms with Crippen LogP contribution in [0.4, 0.5) is 17.3 Å². The molecule has 1 unspecified atom stereocenters. The van der Waals surface area contributed by atoms with Gasteiger partial charge in [-0.3, -0.25) is 10.1 Å². The maximum atomic E-state index is 11.1. The Balaban J connectivity index is 3.20. The van der Waals surface area contributed by atoms with Crippen LogP contribution in [-0.4, -0.2) is 29.5 Å². The van der Waals surface area contributed by atoms with Crippen molar-refractivity contribution in [1.29, 1.82) is 0 Å². The highest BCUT2D eigenvalue weighted by Crippen LogP contribution is 2.29. The van der Waals surface area contributed by atoms with E-state index in [4.69, 9.17) is 0 Å². The summed E-state index contributed by atoms with van der Waals surface area (Å²) in [6.07, 6.45) is 0. The summed E-state index contributed by atoms with van der Waals surface area (Å²) in [6, 6.07) is 3.31. The van der Waals surface area contributed by atoms with E-state index in [1.54, 1.807) is 6.07 Å². The van der Waals surface area contributed by atoms with Crippen LogP contribution in [0.1, 0.15) is 27.7 Å². The Morgan fingerprint density at radius 1 is 1.42 bits per heavy atom. The van der Waals surface area contributed by atoms with Crippen LogP contribution in [0.5, 0.6) is 0 Å². The monoisotopic (exact) mass is 266 g/mol. The summed E-state index contributed by atoms with van der Waals surface area (Å²) in [5.41, 5.74) is 0.0386. The second-order valence-electron chi connectivity index (χ2n) is 4.92. The summed E-state index contributed by atoms with van der Waals surface area (Å²) in [6.45, 7) is 8.90. The van der Waals surface area contributed by atoms with Crippen LogP contribution < -0.4 is 10.2 Å². The van der Waals surface area contributed by atoms with Crippen molar-refractivity contribution in [2.45, 2.75) is 33.7 Å². The van der Waals surface area contributed by atoms with Gasteiger partial charge in [0.15, 0.2) is 0 Å². The number of hydrogen-bond donors (Lipinski definition) is 1. The van der Waals surface area contributed by atoms with Crippen molar-refractivity contribution in [2.24, 2.45) is 5.92 Å². The minimum absolute atomic E-state index is 0.0386. The van der Waals surface area contributed by atoms with Gasteiger partial charge in [-0.05, 0) is 25.8 Å². The zero-order valence-electron chi connectivity index (χ0n) is 12.2. The average Bonchev–Trinajstić information content (AvgIpc) is 2.36. The Bertz CT molecular complexity index is 448. The first-order valence-corrected chi connectivity index (χ1v) is 6.50. The quantitative estimate of drug-likeness (QED) is 0.633. The number of pyridine rings is 1. The normalized spacial score (nSPS) is 12.3. The van der Waals surface area contributed by atoms with Crippen molar-refractivity contribution in [3.8, 4) is 0 Å². The molecule has 1 N–H and O–H groups in total. The number of rotatable bonds is 6. The summed E-state index contributed by atoms with van der Waals surface area (Å²) >= 11 is 0. The smallest absolute Gasteiger partial charge is 0.311 e. The summed E-state index contributed by atoms with van der Waals surface area (Å²) in [5, 5.41) is 14.2. The molecule has 0 spiro atoms. The van der Waals surface area contributed by atoms with Crippen molar-refractivity contribution in [2.75, 3.05) is 23.8 Å². The molecule has 0 aliphatic carbocycles. The minimum atomic E-state index is -0.387. The number of nitrogens with one attached hydrogen (secondary N) is 1. The first kappa shape index (κ1) is 15.2. The molecule has 6 nitrogen and oxygen atoms in total. The summed E-state index contributed by atoms with van der Waals surface area (Å²) < 4.78 is 0. The van der Waals surface area contributed by atoms with Gasteiger partial charge in [0, 0.05) is 25.7 Å². The molecule has 1 aromatic heterocycles. The van der Waals surface area contributed by atoms with Crippen LogP contribution in [0.15, 0.2) is 12.1 Å². The van der Waals surface area contributed by atoms with Gasteiger partial charge in [-0.2, -0.15) is 0 Å². The van der Waals surface area contributed by atoms with Gasteiger partial charge >= 0.3 is 5.69 Å². The Labute approximate surface area is 114 Å². The number of aromatic nitrogens is 1. The lowest BCUT2D eigenvalue weighted by Gasteiger charge is -2.28. The minimum Gasteiger partial charge on any atom is -0.370 e. The van der Waals surface area contributed by atoms with Gasteiger partial charge in [-0.1, -0.05) is 13.8 Å². The third kappa shape index (κ3) is 3.56. The molecule has 0 aliphatic heterocycles. The van der Waals surface area contributed by atoms with Crippen molar-refractivity contribution >= 4 is 17.3 Å². The molecule has 0 bridgehead atoms. The third-order valence-corrected chi connectivity index (χ3v) is 3.32. The lowest BCUT2D eigenvalue weighted by atomic mass is 10.1. The van der Waals surface area contributed by atoms with Crippen molar-refractivity contribution in [1.82, 2.24) is 4.98 Å². The second-order valence-corrected chi connectivity index (χ2v) is 4.92. The largest absolute Gasteiger partial charge is 0.370 e. The molecule has 0 aromatic carbocycles. The number of anilines is 2. The van der Waals surface area contributed by atoms with Crippen LogP contribution in [-0.2, 0) is 0 Å². The fourth-order valence-electron chi connectivity index (χ4n) is 1.76. The maximum absolute atomic E-state index is 11.1. The third-order valence-electron chi connectivity index (χ3n) is 3.32. The van der Waals surface area contributed by atoms with E-state index < -0.39 is 0 Å².